The first kappa shape index (κ1) is 20.6. The van der Waals surface area contributed by atoms with Crippen LogP contribution in [0.2, 0.25) is 0 Å². The lowest BCUT2D eigenvalue weighted by Crippen LogP contribution is -2.57. The zero-order valence-corrected chi connectivity index (χ0v) is 19.3. The van der Waals surface area contributed by atoms with Gasteiger partial charge in [0, 0.05) is 45.8 Å². The predicted molar refractivity (Wildman–Crippen MR) is 126 cm³/mol. The quantitative estimate of drug-likeness (QED) is 0.573. The number of piperazine rings is 1. The summed E-state index contributed by atoms with van der Waals surface area (Å²) in [6.07, 6.45) is 0. The maximum absolute atomic E-state index is 13.0. The van der Waals surface area contributed by atoms with Crippen LogP contribution in [0.5, 0.6) is 17.2 Å². The fourth-order valence-corrected chi connectivity index (χ4v) is 5.64. The van der Waals surface area contributed by atoms with E-state index in [0.29, 0.717) is 6.79 Å². The van der Waals surface area contributed by atoms with E-state index in [1.165, 1.54) is 5.56 Å². The molecule has 0 atom stereocenters. The summed E-state index contributed by atoms with van der Waals surface area (Å²) >= 11 is 1.66. The highest BCUT2D eigenvalue weighted by atomic mass is 32.1. The molecule has 0 radical (unpaired) electrons. The number of carbonyl (C=O) groups is 1. The van der Waals surface area contributed by atoms with Crippen LogP contribution < -0.4 is 19.1 Å². The van der Waals surface area contributed by atoms with Gasteiger partial charge in [0.05, 0.1) is 23.2 Å². The number of anilines is 1. The van der Waals surface area contributed by atoms with Crippen LogP contribution in [-0.2, 0) is 11.3 Å². The molecule has 172 valence electrons. The molecule has 3 aromatic rings. The molecule has 8 nitrogen and oxygen atoms in total. The van der Waals surface area contributed by atoms with Gasteiger partial charge >= 0.3 is 0 Å². The summed E-state index contributed by atoms with van der Waals surface area (Å²) in [6, 6.07) is 12.1. The minimum absolute atomic E-state index is 0.0620. The van der Waals surface area contributed by atoms with Crippen molar-refractivity contribution in [1.82, 2.24) is 14.8 Å². The van der Waals surface area contributed by atoms with Crippen molar-refractivity contribution in [1.29, 1.82) is 0 Å². The molecule has 2 fully saturated rings. The van der Waals surface area contributed by atoms with Gasteiger partial charge in [-0.25, -0.2) is 4.98 Å². The molecule has 0 unspecified atom stereocenters. The van der Waals surface area contributed by atoms with Crippen molar-refractivity contribution in [3.8, 4) is 17.2 Å². The average Bonchev–Trinajstić information content (AvgIpc) is 3.44. The van der Waals surface area contributed by atoms with E-state index in [1.54, 1.807) is 18.4 Å². The van der Waals surface area contributed by atoms with Gasteiger partial charge in [0.15, 0.2) is 16.6 Å². The molecular formula is C24H26N4O4S. The Labute approximate surface area is 196 Å². The van der Waals surface area contributed by atoms with Crippen LogP contribution in [0, 0.1) is 5.92 Å². The summed E-state index contributed by atoms with van der Waals surface area (Å²) in [5, 5.41) is 0.982. The molecule has 6 rings (SSSR count). The second kappa shape index (κ2) is 8.39. The fourth-order valence-electron chi connectivity index (χ4n) is 4.63. The van der Waals surface area contributed by atoms with E-state index in [4.69, 9.17) is 19.2 Å². The molecule has 0 saturated carbocycles. The van der Waals surface area contributed by atoms with Gasteiger partial charge in [-0.2, -0.15) is 0 Å². The number of methoxy groups -OCH3 is 1. The van der Waals surface area contributed by atoms with E-state index in [2.05, 4.69) is 21.9 Å². The highest BCUT2D eigenvalue weighted by Crippen LogP contribution is 2.35. The lowest BCUT2D eigenvalue weighted by Gasteiger charge is -2.42. The number of hydrogen-bond acceptors (Lipinski definition) is 8. The maximum Gasteiger partial charge on any atom is 0.231 e. The van der Waals surface area contributed by atoms with Crippen LogP contribution >= 0.6 is 11.3 Å². The minimum Gasteiger partial charge on any atom is -0.497 e. The van der Waals surface area contributed by atoms with E-state index in [9.17, 15) is 4.79 Å². The molecule has 33 heavy (non-hydrogen) atoms. The smallest absolute Gasteiger partial charge is 0.231 e. The predicted octanol–water partition coefficient (Wildman–Crippen LogP) is 2.81. The highest BCUT2D eigenvalue weighted by Gasteiger charge is 2.37. The molecule has 0 bridgehead atoms. The minimum atomic E-state index is 0.0620. The Bertz CT molecular complexity index is 1180. The van der Waals surface area contributed by atoms with Crippen LogP contribution in [0.1, 0.15) is 5.56 Å². The van der Waals surface area contributed by atoms with Crippen LogP contribution in [0.25, 0.3) is 10.2 Å². The van der Waals surface area contributed by atoms with Crippen LogP contribution in [0.4, 0.5) is 5.13 Å². The van der Waals surface area contributed by atoms with Crippen molar-refractivity contribution in [2.45, 2.75) is 6.54 Å². The number of fused-ring (bicyclic) bond motifs is 2. The second-order valence-corrected chi connectivity index (χ2v) is 9.73. The van der Waals surface area contributed by atoms with Gasteiger partial charge in [0.25, 0.3) is 0 Å². The Kier molecular flexibility index (Phi) is 5.22. The number of rotatable bonds is 5. The lowest BCUT2D eigenvalue weighted by atomic mass is 9.99. The van der Waals surface area contributed by atoms with E-state index < -0.39 is 0 Å². The number of aromatic nitrogens is 1. The zero-order valence-electron chi connectivity index (χ0n) is 18.5. The molecule has 9 heteroatoms. The molecule has 0 spiro atoms. The van der Waals surface area contributed by atoms with Gasteiger partial charge in [-0.15, -0.1) is 0 Å². The van der Waals surface area contributed by atoms with Crippen molar-refractivity contribution in [2.75, 3.05) is 58.1 Å². The molecule has 2 aromatic carbocycles. The first-order chi connectivity index (χ1) is 16.2. The maximum atomic E-state index is 13.0. The normalized spacial score (nSPS) is 18.6. The summed E-state index contributed by atoms with van der Waals surface area (Å²) in [7, 11) is 1.67. The lowest BCUT2D eigenvalue weighted by molar-refractivity contribution is -0.138. The SMILES string of the molecule is COc1ccc2nc(N3CC(C(=O)N4CCN(Cc5ccc6c(c5)OCO6)CC4)C3)sc2c1. The van der Waals surface area contributed by atoms with Crippen LogP contribution in [0.3, 0.4) is 0 Å². The zero-order chi connectivity index (χ0) is 22.4. The number of amides is 1. The fraction of sp³-hybridized carbons (Fsp3) is 0.417. The van der Waals surface area contributed by atoms with Crippen molar-refractivity contribution in [3.63, 3.8) is 0 Å². The van der Waals surface area contributed by atoms with Gasteiger partial charge in [0.1, 0.15) is 5.75 Å². The molecule has 1 amide bonds. The van der Waals surface area contributed by atoms with E-state index >= 15 is 0 Å². The first-order valence-corrected chi connectivity index (χ1v) is 12.1. The van der Waals surface area contributed by atoms with Gasteiger partial charge in [0.2, 0.25) is 12.7 Å². The number of benzene rings is 2. The summed E-state index contributed by atoms with van der Waals surface area (Å²) in [5.74, 6) is 2.81. The third-order valence-corrected chi connectivity index (χ3v) is 7.69. The average molecular weight is 467 g/mol. The van der Waals surface area contributed by atoms with E-state index in [1.807, 2.05) is 29.2 Å². The second-order valence-electron chi connectivity index (χ2n) is 8.72. The summed E-state index contributed by atoms with van der Waals surface area (Å²) in [6.45, 7) is 5.97. The van der Waals surface area contributed by atoms with Crippen molar-refractivity contribution >= 4 is 32.6 Å². The Balaban J connectivity index is 1.00. The van der Waals surface area contributed by atoms with E-state index in [0.717, 1.165) is 78.4 Å². The van der Waals surface area contributed by atoms with Crippen molar-refractivity contribution < 1.29 is 19.0 Å². The summed E-state index contributed by atoms with van der Waals surface area (Å²) in [5.41, 5.74) is 2.19. The number of nitrogens with zero attached hydrogens (tertiary/aromatic N) is 4. The van der Waals surface area contributed by atoms with Crippen LogP contribution in [-0.4, -0.2) is 73.9 Å². The van der Waals surface area contributed by atoms with E-state index in [-0.39, 0.29) is 11.8 Å². The Morgan fingerprint density at radius 2 is 1.91 bits per heavy atom. The molecule has 2 saturated heterocycles. The monoisotopic (exact) mass is 466 g/mol. The number of carbonyl (C=O) groups excluding carboxylic acids is 1. The Morgan fingerprint density at radius 3 is 2.73 bits per heavy atom. The summed E-state index contributed by atoms with van der Waals surface area (Å²) in [4.78, 5) is 24.4. The topological polar surface area (TPSA) is 67.4 Å². The molecule has 1 aromatic heterocycles. The molecular weight excluding hydrogens is 440 g/mol. The number of hydrogen-bond donors (Lipinski definition) is 0. The Hall–Kier alpha value is -3.04. The third-order valence-electron chi connectivity index (χ3n) is 6.61. The van der Waals surface area contributed by atoms with Crippen molar-refractivity contribution in [3.05, 3.63) is 42.0 Å². The summed E-state index contributed by atoms with van der Waals surface area (Å²) < 4.78 is 17.3. The molecule has 0 aliphatic carbocycles. The van der Waals surface area contributed by atoms with Gasteiger partial charge in [-0.1, -0.05) is 17.4 Å². The number of ether oxygens (including phenoxy) is 3. The molecule has 3 aliphatic rings. The molecule has 3 aliphatic heterocycles. The molecule has 4 heterocycles. The number of thiazole rings is 1. The largest absolute Gasteiger partial charge is 0.497 e. The third kappa shape index (κ3) is 3.95. The Morgan fingerprint density at radius 1 is 1.09 bits per heavy atom. The standard InChI is InChI=1S/C24H26N4O4S/c1-30-18-3-4-19-22(11-18)33-24(25-19)28-13-17(14-28)23(29)27-8-6-26(7-9-27)12-16-2-5-20-21(10-16)32-15-31-20/h2-5,10-11,17H,6-9,12-15H2,1H3. The van der Waals surface area contributed by atoms with Gasteiger partial charge < -0.3 is 24.0 Å². The molecule has 0 N–H and O–H groups in total. The highest BCUT2D eigenvalue weighted by molar-refractivity contribution is 7.22. The van der Waals surface area contributed by atoms with Crippen LogP contribution in [0.15, 0.2) is 36.4 Å². The van der Waals surface area contributed by atoms with Crippen molar-refractivity contribution in [2.24, 2.45) is 5.92 Å². The van der Waals surface area contributed by atoms with Gasteiger partial charge in [-0.05, 0) is 35.9 Å². The first-order valence-electron chi connectivity index (χ1n) is 11.3. The van der Waals surface area contributed by atoms with Gasteiger partial charge in [-0.3, -0.25) is 9.69 Å².